The van der Waals surface area contributed by atoms with E-state index < -0.39 is 40.7 Å². The van der Waals surface area contributed by atoms with Crippen LogP contribution in [0, 0.1) is 5.82 Å². The van der Waals surface area contributed by atoms with Crippen LogP contribution in [0.3, 0.4) is 0 Å². The number of aromatic nitrogens is 1. The van der Waals surface area contributed by atoms with Gasteiger partial charge in [-0.05, 0) is 47.4 Å². The highest BCUT2D eigenvalue weighted by Crippen LogP contribution is 2.54. The van der Waals surface area contributed by atoms with Crippen LogP contribution in [0.2, 0.25) is 0 Å². The van der Waals surface area contributed by atoms with Gasteiger partial charge in [0.05, 0.1) is 0 Å². The van der Waals surface area contributed by atoms with Gasteiger partial charge in [0.15, 0.2) is 0 Å². The highest BCUT2D eigenvalue weighted by atomic mass is 19.4. The molecule has 0 spiro atoms. The third-order valence-electron chi connectivity index (χ3n) is 8.59. The zero-order chi connectivity index (χ0) is 30.5. The van der Waals surface area contributed by atoms with E-state index in [9.17, 15) is 39.9 Å². The number of nitrogens with zero attached hydrogens (tertiary/aromatic N) is 3. The topological polar surface area (TPSA) is 36.4 Å². The summed E-state index contributed by atoms with van der Waals surface area (Å²) in [6.45, 7) is 3.04. The molecule has 2 aliphatic rings. The first-order chi connectivity index (χ1) is 19.6. The van der Waals surface area contributed by atoms with Gasteiger partial charge >= 0.3 is 24.1 Å². The maximum absolute atomic E-state index is 14.6. The number of carbonyl (C=O) groups is 1. The van der Waals surface area contributed by atoms with E-state index in [4.69, 9.17) is 0 Å². The number of rotatable bonds is 4. The van der Waals surface area contributed by atoms with E-state index in [2.05, 4.69) is 4.98 Å². The summed E-state index contributed by atoms with van der Waals surface area (Å²) in [5.41, 5.74) is -6.00. The fourth-order valence-electron chi connectivity index (χ4n) is 6.21. The second kappa shape index (κ2) is 10.5. The number of carbonyl (C=O) groups excluding carboxylic acids is 1. The van der Waals surface area contributed by atoms with Crippen molar-refractivity contribution in [2.24, 2.45) is 0 Å². The summed E-state index contributed by atoms with van der Waals surface area (Å²) in [6.07, 6.45) is -8.35. The van der Waals surface area contributed by atoms with E-state index in [0.717, 1.165) is 24.1 Å². The Labute approximate surface area is 237 Å². The Bertz CT molecular complexity index is 1400. The molecule has 5 rings (SSSR count). The fourth-order valence-corrected chi connectivity index (χ4v) is 6.21. The highest BCUT2D eigenvalue weighted by molar-refractivity contribution is 5.76. The number of benzene rings is 2. The molecule has 3 atom stereocenters. The molecule has 0 N–H and O–H groups in total. The van der Waals surface area contributed by atoms with Crippen LogP contribution in [0.4, 0.5) is 39.9 Å². The Kier molecular flexibility index (Phi) is 7.47. The lowest BCUT2D eigenvalue weighted by Gasteiger charge is -2.33. The first-order valence-corrected chi connectivity index (χ1v) is 13.3. The summed E-state index contributed by atoms with van der Waals surface area (Å²) in [5, 5.41) is 0. The first-order valence-electron chi connectivity index (χ1n) is 13.3. The SMILES string of the molecule is C[C@]1(c2ccc(F)cc2)CN(C(=O)N2CCC(c3ccncc3)C2)C[C@H]1c1ccc(C(F)(C(F)(F)F)C(F)(F)F)cc1. The zero-order valence-electron chi connectivity index (χ0n) is 22.4. The van der Waals surface area contributed by atoms with E-state index in [0.29, 0.717) is 36.3 Å². The molecular weight excluding hydrogens is 570 g/mol. The van der Waals surface area contributed by atoms with Crippen LogP contribution in [-0.4, -0.2) is 59.3 Å². The summed E-state index contributed by atoms with van der Waals surface area (Å²) < 4.78 is 108. The second-order valence-corrected chi connectivity index (χ2v) is 11.1. The first kappa shape index (κ1) is 29.8. The van der Waals surface area contributed by atoms with Gasteiger partial charge in [0.1, 0.15) is 5.82 Å². The van der Waals surface area contributed by atoms with Crippen molar-refractivity contribution < 1.29 is 39.9 Å². The summed E-state index contributed by atoms with van der Waals surface area (Å²) in [7, 11) is 0. The predicted molar refractivity (Wildman–Crippen MR) is 138 cm³/mol. The number of urea groups is 1. The minimum atomic E-state index is -6.23. The highest BCUT2D eigenvalue weighted by Gasteiger charge is 2.73. The van der Waals surface area contributed by atoms with Gasteiger partial charge in [0.2, 0.25) is 0 Å². The van der Waals surface area contributed by atoms with Crippen molar-refractivity contribution in [2.75, 3.05) is 26.2 Å². The van der Waals surface area contributed by atoms with Crippen LogP contribution in [0.25, 0.3) is 0 Å². The Hall–Kier alpha value is -3.70. The monoisotopic (exact) mass is 597 g/mol. The van der Waals surface area contributed by atoms with E-state index in [1.807, 2.05) is 12.1 Å². The van der Waals surface area contributed by atoms with Gasteiger partial charge in [-0.15, -0.1) is 0 Å². The van der Waals surface area contributed by atoms with E-state index in [1.54, 1.807) is 41.2 Å². The molecule has 2 fully saturated rings. The van der Waals surface area contributed by atoms with Crippen molar-refractivity contribution >= 4 is 6.03 Å². The Morgan fingerprint density at radius 2 is 1.40 bits per heavy atom. The smallest absolute Gasteiger partial charge is 0.324 e. The average Bonchev–Trinajstić information content (AvgIpc) is 3.58. The fraction of sp³-hybridized carbons (Fsp3) is 0.400. The molecule has 2 saturated heterocycles. The van der Waals surface area contributed by atoms with E-state index in [1.165, 1.54) is 12.1 Å². The van der Waals surface area contributed by atoms with Crippen molar-refractivity contribution in [2.45, 2.75) is 48.6 Å². The molecule has 4 nitrogen and oxygen atoms in total. The number of likely N-dealkylation sites (tertiary alicyclic amines) is 2. The van der Waals surface area contributed by atoms with Gasteiger partial charge in [0, 0.05) is 61.4 Å². The molecule has 2 aromatic carbocycles. The van der Waals surface area contributed by atoms with E-state index in [-0.39, 0.29) is 25.0 Å². The standard InChI is InChI=1S/C30H27F8N3O/c1-27(22-6-8-24(31)9-7-22)18-41(26(42)40-15-12-21(16-40)19-10-13-39-14-11-19)17-25(27)20-2-4-23(5-3-20)28(32,29(33,34)35)30(36,37)38/h2-11,13-14,21,25H,12,15-18H2,1H3/t21?,25-,27+/m0/s1. The molecule has 0 aliphatic carbocycles. The lowest BCUT2D eigenvalue weighted by atomic mass is 9.71. The van der Waals surface area contributed by atoms with Crippen molar-refractivity contribution in [1.29, 1.82) is 0 Å². The van der Waals surface area contributed by atoms with Crippen molar-refractivity contribution in [1.82, 2.24) is 14.8 Å². The number of hydrogen-bond acceptors (Lipinski definition) is 2. The number of pyridine rings is 1. The van der Waals surface area contributed by atoms with Gasteiger partial charge in [-0.25, -0.2) is 13.6 Å². The average molecular weight is 598 g/mol. The molecule has 3 heterocycles. The van der Waals surface area contributed by atoms with Crippen LogP contribution >= 0.6 is 0 Å². The normalized spacial score (nSPS) is 23.5. The third-order valence-corrected chi connectivity index (χ3v) is 8.59. The molecule has 224 valence electrons. The second-order valence-electron chi connectivity index (χ2n) is 11.1. The van der Waals surface area contributed by atoms with Gasteiger partial charge < -0.3 is 9.80 Å². The minimum absolute atomic E-state index is 0.0990. The van der Waals surface area contributed by atoms with Crippen LogP contribution in [0.5, 0.6) is 0 Å². The number of hydrogen-bond donors (Lipinski definition) is 0. The molecule has 42 heavy (non-hydrogen) atoms. The van der Waals surface area contributed by atoms with Crippen LogP contribution < -0.4 is 0 Å². The molecule has 12 heteroatoms. The minimum Gasteiger partial charge on any atom is -0.324 e. The van der Waals surface area contributed by atoms with Crippen LogP contribution in [0.1, 0.15) is 47.4 Å². The predicted octanol–water partition coefficient (Wildman–Crippen LogP) is 7.48. The molecular formula is C30H27F8N3O. The maximum atomic E-state index is 14.6. The summed E-state index contributed by atoms with van der Waals surface area (Å²) in [5.74, 6) is -0.966. The molecule has 2 amide bonds. The third kappa shape index (κ3) is 5.09. The Morgan fingerprint density at radius 1 is 0.810 bits per heavy atom. The number of alkyl halides is 7. The van der Waals surface area contributed by atoms with Gasteiger partial charge in [-0.3, -0.25) is 4.98 Å². The molecule has 1 aromatic heterocycles. The summed E-state index contributed by atoms with van der Waals surface area (Å²) in [4.78, 5) is 21.0. The molecule has 1 unspecified atom stereocenters. The van der Waals surface area contributed by atoms with Crippen LogP contribution in [-0.2, 0) is 11.1 Å². The Morgan fingerprint density at radius 3 is 1.98 bits per heavy atom. The molecule has 2 aliphatic heterocycles. The van der Waals surface area contributed by atoms with Crippen molar-refractivity contribution in [3.8, 4) is 0 Å². The lowest BCUT2D eigenvalue weighted by Crippen LogP contribution is -2.50. The van der Waals surface area contributed by atoms with Crippen LogP contribution in [0.15, 0.2) is 73.1 Å². The van der Waals surface area contributed by atoms with Crippen molar-refractivity contribution in [3.05, 3.63) is 101 Å². The van der Waals surface area contributed by atoms with Gasteiger partial charge in [-0.1, -0.05) is 43.3 Å². The maximum Gasteiger partial charge on any atom is 0.435 e. The number of amides is 2. The lowest BCUT2D eigenvalue weighted by molar-refractivity contribution is -0.348. The molecule has 0 saturated carbocycles. The van der Waals surface area contributed by atoms with E-state index >= 15 is 0 Å². The Balaban J connectivity index is 1.45. The molecule has 3 aromatic rings. The summed E-state index contributed by atoms with van der Waals surface area (Å²) in [6, 6.07) is 12.2. The van der Waals surface area contributed by atoms with Gasteiger partial charge in [-0.2, -0.15) is 26.3 Å². The zero-order valence-corrected chi connectivity index (χ0v) is 22.4. The molecule has 0 bridgehead atoms. The summed E-state index contributed by atoms with van der Waals surface area (Å²) >= 11 is 0. The van der Waals surface area contributed by atoms with Gasteiger partial charge in [0.25, 0.3) is 0 Å². The molecule has 0 radical (unpaired) electrons. The number of halogens is 8. The quantitative estimate of drug-likeness (QED) is 0.293. The van der Waals surface area contributed by atoms with Crippen molar-refractivity contribution in [3.63, 3.8) is 0 Å². The largest absolute Gasteiger partial charge is 0.435 e.